The molecule has 0 saturated heterocycles. The standard InChI is InChI=1S/C16H22N2/c1-12(2)14-8-6-13(7-9-14)11-18-16-5-3-4-15(16)10-17/h6-9,12,15-16,18H,3-5,11H2,1-2H3. The minimum atomic E-state index is 0.208. The van der Waals surface area contributed by atoms with Gasteiger partial charge < -0.3 is 5.32 Å². The molecule has 0 radical (unpaired) electrons. The van der Waals surface area contributed by atoms with E-state index in [1.165, 1.54) is 17.5 Å². The summed E-state index contributed by atoms with van der Waals surface area (Å²) in [6, 6.07) is 11.6. The fraction of sp³-hybridized carbons (Fsp3) is 0.562. The molecule has 1 aromatic rings. The van der Waals surface area contributed by atoms with Gasteiger partial charge in [-0.2, -0.15) is 5.26 Å². The Kier molecular flexibility index (Phi) is 4.38. The fourth-order valence-corrected chi connectivity index (χ4v) is 2.63. The van der Waals surface area contributed by atoms with Crippen molar-refractivity contribution in [3.63, 3.8) is 0 Å². The molecule has 0 spiro atoms. The van der Waals surface area contributed by atoms with Gasteiger partial charge in [0.25, 0.3) is 0 Å². The van der Waals surface area contributed by atoms with Crippen LogP contribution in [0.15, 0.2) is 24.3 Å². The van der Waals surface area contributed by atoms with E-state index in [2.05, 4.69) is 49.5 Å². The van der Waals surface area contributed by atoms with Crippen LogP contribution in [0.2, 0.25) is 0 Å². The molecule has 1 N–H and O–H groups in total. The van der Waals surface area contributed by atoms with Gasteiger partial charge in [0.2, 0.25) is 0 Å². The first-order valence-corrected chi connectivity index (χ1v) is 6.92. The predicted molar refractivity (Wildman–Crippen MR) is 74.1 cm³/mol. The van der Waals surface area contributed by atoms with Crippen LogP contribution in [0.4, 0.5) is 0 Å². The molecule has 0 bridgehead atoms. The number of hydrogen-bond donors (Lipinski definition) is 1. The summed E-state index contributed by atoms with van der Waals surface area (Å²) in [5.41, 5.74) is 2.69. The van der Waals surface area contributed by atoms with Crippen molar-refractivity contribution in [1.29, 1.82) is 5.26 Å². The molecule has 0 aromatic heterocycles. The zero-order valence-corrected chi connectivity index (χ0v) is 11.3. The molecule has 1 aliphatic carbocycles. The second-order valence-corrected chi connectivity index (χ2v) is 5.55. The van der Waals surface area contributed by atoms with E-state index in [9.17, 15) is 0 Å². The molecule has 1 aromatic carbocycles. The van der Waals surface area contributed by atoms with Gasteiger partial charge in [-0.3, -0.25) is 0 Å². The number of nitrogens with one attached hydrogen (secondary N) is 1. The molecular formula is C16H22N2. The van der Waals surface area contributed by atoms with Crippen LogP contribution in [0.5, 0.6) is 0 Å². The molecule has 0 aliphatic heterocycles. The molecule has 2 rings (SSSR count). The third-order valence-electron chi connectivity index (χ3n) is 3.90. The molecule has 1 fully saturated rings. The van der Waals surface area contributed by atoms with E-state index >= 15 is 0 Å². The van der Waals surface area contributed by atoms with E-state index in [4.69, 9.17) is 5.26 Å². The van der Waals surface area contributed by atoms with Crippen LogP contribution in [0.3, 0.4) is 0 Å². The van der Waals surface area contributed by atoms with E-state index in [0.29, 0.717) is 12.0 Å². The maximum absolute atomic E-state index is 9.04. The van der Waals surface area contributed by atoms with E-state index in [1.807, 2.05) is 0 Å². The van der Waals surface area contributed by atoms with Crippen molar-refractivity contribution in [2.75, 3.05) is 0 Å². The Morgan fingerprint density at radius 2 is 2.00 bits per heavy atom. The summed E-state index contributed by atoms with van der Waals surface area (Å²) in [4.78, 5) is 0. The summed E-state index contributed by atoms with van der Waals surface area (Å²) in [5.74, 6) is 0.796. The Labute approximate surface area is 110 Å². The number of nitrogens with zero attached hydrogens (tertiary/aromatic N) is 1. The van der Waals surface area contributed by atoms with Crippen molar-refractivity contribution >= 4 is 0 Å². The van der Waals surface area contributed by atoms with Crippen molar-refractivity contribution in [2.24, 2.45) is 5.92 Å². The fourth-order valence-electron chi connectivity index (χ4n) is 2.63. The highest BCUT2D eigenvalue weighted by Crippen LogP contribution is 2.25. The third-order valence-corrected chi connectivity index (χ3v) is 3.90. The number of rotatable bonds is 4. The first-order chi connectivity index (χ1) is 8.70. The van der Waals surface area contributed by atoms with Gasteiger partial charge in [0.05, 0.1) is 12.0 Å². The highest BCUT2D eigenvalue weighted by Gasteiger charge is 2.26. The Balaban J connectivity index is 1.88. The lowest BCUT2D eigenvalue weighted by Gasteiger charge is -2.16. The Morgan fingerprint density at radius 1 is 1.28 bits per heavy atom. The normalized spacial score (nSPS) is 23.2. The molecule has 1 saturated carbocycles. The van der Waals surface area contributed by atoms with Gasteiger partial charge in [-0.1, -0.05) is 44.5 Å². The molecule has 2 heteroatoms. The smallest absolute Gasteiger partial charge is 0.0672 e. The van der Waals surface area contributed by atoms with Crippen molar-refractivity contribution in [3.05, 3.63) is 35.4 Å². The van der Waals surface area contributed by atoms with Crippen LogP contribution >= 0.6 is 0 Å². The maximum atomic E-state index is 9.04. The lowest BCUT2D eigenvalue weighted by Crippen LogP contribution is -2.31. The van der Waals surface area contributed by atoms with Gasteiger partial charge in [0.15, 0.2) is 0 Å². The minimum absolute atomic E-state index is 0.208. The molecule has 1 aliphatic rings. The van der Waals surface area contributed by atoms with Crippen LogP contribution < -0.4 is 5.32 Å². The summed E-state index contributed by atoms with van der Waals surface area (Å²) in [7, 11) is 0. The summed E-state index contributed by atoms with van der Waals surface area (Å²) in [5, 5.41) is 12.6. The number of nitriles is 1. The first kappa shape index (κ1) is 13.1. The van der Waals surface area contributed by atoms with Crippen LogP contribution in [0, 0.1) is 17.2 Å². The summed E-state index contributed by atoms with van der Waals surface area (Å²) in [6.07, 6.45) is 3.38. The Morgan fingerprint density at radius 3 is 2.61 bits per heavy atom. The summed E-state index contributed by atoms with van der Waals surface area (Å²) in [6.45, 7) is 5.30. The quantitative estimate of drug-likeness (QED) is 0.875. The van der Waals surface area contributed by atoms with Crippen LogP contribution in [0.25, 0.3) is 0 Å². The zero-order valence-electron chi connectivity index (χ0n) is 11.3. The van der Waals surface area contributed by atoms with Gasteiger partial charge in [-0.25, -0.2) is 0 Å². The van der Waals surface area contributed by atoms with E-state index in [0.717, 1.165) is 19.4 Å². The second-order valence-electron chi connectivity index (χ2n) is 5.55. The zero-order chi connectivity index (χ0) is 13.0. The predicted octanol–water partition coefficient (Wildman–Crippen LogP) is 3.59. The average molecular weight is 242 g/mol. The highest BCUT2D eigenvalue weighted by molar-refractivity contribution is 5.24. The van der Waals surface area contributed by atoms with Gasteiger partial charge in [0, 0.05) is 12.6 Å². The number of benzene rings is 1. The highest BCUT2D eigenvalue weighted by atomic mass is 14.9. The minimum Gasteiger partial charge on any atom is -0.309 e. The molecule has 0 amide bonds. The van der Waals surface area contributed by atoms with Crippen molar-refractivity contribution < 1.29 is 0 Å². The summed E-state index contributed by atoms with van der Waals surface area (Å²) >= 11 is 0. The van der Waals surface area contributed by atoms with Crippen LogP contribution in [0.1, 0.15) is 50.2 Å². The van der Waals surface area contributed by atoms with Crippen LogP contribution in [-0.4, -0.2) is 6.04 Å². The summed E-state index contributed by atoms with van der Waals surface area (Å²) < 4.78 is 0. The third kappa shape index (κ3) is 3.11. The molecule has 0 heterocycles. The van der Waals surface area contributed by atoms with Gasteiger partial charge in [-0.15, -0.1) is 0 Å². The van der Waals surface area contributed by atoms with Crippen molar-refractivity contribution in [3.8, 4) is 6.07 Å². The maximum Gasteiger partial charge on any atom is 0.0672 e. The SMILES string of the molecule is CC(C)c1ccc(CNC2CCCC2C#N)cc1. The molecule has 2 nitrogen and oxygen atoms in total. The van der Waals surface area contributed by atoms with Crippen molar-refractivity contribution in [1.82, 2.24) is 5.32 Å². The molecule has 18 heavy (non-hydrogen) atoms. The van der Waals surface area contributed by atoms with E-state index in [1.54, 1.807) is 0 Å². The monoisotopic (exact) mass is 242 g/mol. The lowest BCUT2D eigenvalue weighted by atomic mass is 10.0. The van der Waals surface area contributed by atoms with E-state index in [-0.39, 0.29) is 5.92 Å². The molecule has 2 atom stereocenters. The first-order valence-electron chi connectivity index (χ1n) is 6.92. The van der Waals surface area contributed by atoms with Crippen LogP contribution in [-0.2, 0) is 6.54 Å². The average Bonchev–Trinajstić information content (AvgIpc) is 2.84. The van der Waals surface area contributed by atoms with Crippen molar-refractivity contribution in [2.45, 2.75) is 51.6 Å². The number of hydrogen-bond acceptors (Lipinski definition) is 2. The Hall–Kier alpha value is -1.33. The Bertz CT molecular complexity index is 414. The van der Waals surface area contributed by atoms with Gasteiger partial charge >= 0.3 is 0 Å². The molecule has 2 unspecified atom stereocenters. The molecule has 96 valence electrons. The molecular weight excluding hydrogens is 220 g/mol. The second kappa shape index (κ2) is 6.02. The van der Waals surface area contributed by atoms with Gasteiger partial charge in [0.1, 0.15) is 0 Å². The lowest BCUT2D eigenvalue weighted by molar-refractivity contribution is 0.464. The van der Waals surface area contributed by atoms with Gasteiger partial charge in [-0.05, 0) is 29.9 Å². The topological polar surface area (TPSA) is 35.8 Å². The largest absolute Gasteiger partial charge is 0.309 e. The van der Waals surface area contributed by atoms with E-state index < -0.39 is 0 Å².